The highest BCUT2D eigenvalue weighted by Gasteiger charge is 2.21. The molecule has 1 atom stereocenters. The van der Waals surface area contributed by atoms with Crippen molar-refractivity contribution in [2.45, 2.75) is 57.6 Å². The van der Waals surface area contributed by atoms with Gasteiger partial charge in [-0.1, -0.05) is 6.42 Å². The lowest BCUT2D eigenvalue weighted by atomic mass is 10.1. The third kappa shape index (κ3) is 2.90. The summed E-state index contributed by atoms with van der Waals surface area (Å²) in [5.74, 6) is 0.212. The molecule has 0 radical (unpaired) electrons. The number of carbonyl (C=O) groups excluding carboxylic acids is 1. The van der Waals surface area contributed by atoms with Crippen molar-refractivity contribution in [2.24, 2.45) is 0 Å². The SMILES string of the molecule is O=C(Cn1cc2c(c1)C(O)CCCC2)N1CCCCC1. The predicted octanol–water partition coefficient (Wildman–Crippen LogP) is 2.26. The number of rotatable bonds is 2. The molecule has 1 fully saturated rings. The first-order valence-corrected chi connectivity index (χ1v) is 7.88. The molecule has 20 heavy (non-hydrogen) atoms. The van der Waals surface area contributed by atoms with Gasteiger partial charge in [0.15, 0.2) is 0 Å². The molecule has 0 spiro atoms. The molecule has 110 valence electrons. The lowest BCUT2D eigenvalue weighted by Crippen LogP contribution is -2.37. The van der Waals surface area contributed by atoms with Gasteiger partial charge < -0.3 is 14.6 Å². The highest BCUT2D eigenvalue weighted by Crippen LogP contribution is 2.29. The first-order valence-electron chi connectivity index (χ1n) is 7.88. The third-order valence-corrected chi connectivity index (χ3v) is 4.56. The van der Waals surface area contributed by atoms with Crippen molar-refractivity contribution in [3.63, 3.8) is 0 Å². The average Bonchev–Trinajstić information content (AvgIpc) is 2.79. The number of fused-ring (bicyclic) bond motifs is 1. The van der Waals surface area contributed by atoms with Crippen LogP contribution in [0.1, 0.15) is 55.8 Å². The van der Waals surface area contributed by atoms with E-state index in [-0.39, 0.29) is 12.0 Å². The molecule has 1 N–H and O–H groups in total. The second kappa shape index (κ2) is 6.00. The van der Waals surface area contributed by atoms with Crippen molar-refractivity contribution in [2.75, 3.05) is 13.1 Å². The number of hydrogen-bond donors (Lipinski definition) is 1. The van der Waals surface area contributed by atoms with E-state index in [2.05, 4.69) is 6.20 Å². The molecule has 1 aliphatic heterocycles. The monoisotopic (exact) mass is 276 g/mol. The molecule has 1 saturated heterocycles. The van der Waals surface area contributed by atoms with E-state index in [0.717, 1.165) is 57.2 Å². The van der Waals surface area contributed by atoms with E-state index >= 15 is 0 Å². The molecule has 4 nitrogen and oxygen atoms in total. The molecular formula is C16H24N2O2. The Hall–Kier alpha value is -1.29. The fourth-order valence-corrected chi connectivity index (χ4v) is 3.38. The van der Waals surface area contributed by atoms with Gasteiger partial charge in [-0.3, -0.25) is 4.79 Å². The summed E-state index contributed by atoms with van der Waals surface area (Å²) in [7, 11) is 0. The lowest BCUT2D eigenvalue weighted by Gasteiger charge is -2.26. The Balaban J connectivity index is 1.68. The normalized spacial score (nSPS) is 23.2. The first-order chi connectivity index (χ1) is 9.74. The van der Waals surface area contributed by atoms with E-state index in [0.29, 0.717) is 6.54 Å². The van der Waals surface area contributed by atoms with Gasteiger partial charge in [-0.15, -0.1) is 0 Å². The van der Waals surface area contributed by atoms with E-state index in [1.807, 2.05) is 15.7 Å². The zero-order chi connectivity index (χ0) is 13.9. The van der Waals surface area contributed by atoms with Gasteiger partial charge >= 0.3 is 0 Å². The molecule has 2 heterocycles. The fourth-order valence-electron chi connectivity index (χ4n) is 3.38. The number of aliphatic hydroxyl groups excluding tert-OH is 1. The van der Waals surface area contributed by atoms with Crippen LogP contribution in [0.25, 0.3) is 0 Å². The summed E-state index contributed by atoms with van der Waals surface area (Å²) in [6, 6.07) is 0. The second-order valence-electron chi connectivity index (χ2n) is 6.11. The highest BCUT2D eigenvalue weighted by molar-refractivity contribution is 5.76. The number of nitrogens with zero attached hydrogens (tertiary/aromatic N) is 2. The van der Waals surface area contributed by atoms with E-state index < -0.39 is 0 Å². The Morgan fingerprint density at radius 1 is 1.15 bits per heavy atom. The summed E-state index contributed by atoms with van der Waals surface area (Å²) in [5, 5.41) is 10.1. The van der Waals surface area contributed by atoms with Gasteiger partial charge in [0.25, 0.3) is 0 Å². The van der Waals surface area contributed by atoms with Gasteiger partial charge in [-0.05, 0) is 44.1 Å². The van der Waals surface area contributed by atoms with Crippen LogP contribution < -0.4 is 0 Å². The number of carbonyl (C=O) groups is 1. The molecular weight excluding hydrogens is 252 g/mol. The van der Waals surface area contributed by atoms with Crippen LogP contribution in [-0.2, 0) is 17.8 Å². The summed E-state index contributed by atoms with van der Waals surface area (Å²) < 4.78 is 1.97. The maximum absolute atomic E-state index is 12.3. The zero-order valence-corrected chi connectivity index (χ0v) is 12.1. The molecule has 1 aromatic rings. The first kappa shape index (κ1) is 13.7. The third-order valence-electron chi connectivity index (χ3n) is 4.56. The lowest BCUT2D eigenvalue weighted by molar-refractivity contribution is -0.132. The van der Waals surface area contributed by atoms with Gasteiger partial charge in [-0.2, -0.15) is 0 Å². The van der Waals surface area contributed by atoms with Crippen LogP contribution in [0.3, 0.4) is 0 Å². The van der Waals surface area contributed by atoms with E-state index in [9.17, 15) is 9.90 Å². The van der Waals surface area contributed by atoms with Crippen LogP contribution in [0.5, 0.6) is 0 Å². The maximum Gasteiger partial charge on any atom is 0.242 e. The van der Waals surface area contributed by atoms with Gasteiger partial charge in [0.1, 0.15) is 6.54 Å². The molecule has 0 aromatic carbocycles. The van der Waals surface area contributed by atoms with E-state index in [1.54, 1.807) is 0 Å². The van der Waals surface area contributed by atoms with Gasteiger partial charge in [0.2, 0.25) is 5.91 Å². The Bertz CT molecular complexity index is 475. The minimum atomic E-state index is -0.348. The van der Waals surface area contributed by atoms with Crippen LogP contribution in [-0.4, -0.2) is 33.6 Å². The summed E-state index contributed by atoms with van der Waals surface area (Å²) in [4.78, 5) is 14.2. The smallest absolute Gasteiger partial charge is 0.242 e. The van der Waals surface area contributed by atoms with Crippen molar-refractivity contribution in [1.29, 1.82) is 0 Å². The number of hydrogen-bond acceptors (Lipinski definition) is 2. The molecule has 1 aromatic heterocycles. The molecule has 1 aliphatic carbocycles. The fraction of sp³-hybridized carbons (Fsp3) is 0.688. The van der Waals surface area contributed by atoms with Crippen molar-refractivity contribution < 1.29 is 9.90 Å². The minimum absolute atomic E-state index is 0.212. The Labute approximate surface area is 120 Å². The van der Waals surface area contributed by atoms with E-state index in [4.69, 9.17) is 0 Å². The molecule has 2 aliphatic rings. The Kier molecular flexibility index (Phi) is 4.10. The Morgan fingerprint density at radius 2 is 1.95 bits per heavy atom. The van der Waals surface area contributed by atoms with Crippen LogP contribution >= 0.6 is 0 Å². The standard InChI is InChI=1S/C16H24N2O2/c19-15-7-3-2-6-13-10-17(11-14(13)15)12-16(20)18-8-4-1-5-9-18/h10-11,15,19H,1-9,12H2. The zero-order valence-electron chi connectivity index (χ0n) is 12.1. The number of aliphatic hydroxyl groups is 1. The number of likely N-dealkylation sites (tertiary alicyclic amines) is 1. The van der Waals surface area contributed by atoms with Gasteiger partial charge in [-0.25, -0.2) is 0 Å². The summed E-state index contributed by atoms with van der Waals surface area (Å²) in [6.45, 7) is 2.23. The van der Waals surface area contributed by atoms with E-state index in [1.165, 1.54) is 12.0 Å². The average molecular weight is 276 g/mol. The van der Waals surface area contributed by atoms with Crippen molar-refractivity contribution in [3.8, 4) is 0 Å². The van der Waals surface area contributed by atoms with Crippen molar-refractivity contribution >= 4 is 5.91 Å². The second-order valence-corrected chi connectivity index (χ2v) is 6.11. The van der Waals surface area contributed by atoms with Crippen LogP contribution in [0.2, 0.25) is 0 Å². The highest BCUT2D eigenvalue weighted by atomic mass is 16.3. The number of aromatic nitrogens is 1. The van der Waals surface area contributed by atoms with Crippen LogP contribution in [0.4, 0.5) is 0 Å². The summed E-state index contributed by atoms with van der Waals surface area (Å²) in [5.41, 5.74) is 2.26. The largest absolute Gasteiger partial charge is 0.388 e. The minimum Gasteiger partial charge on any atom is -0.388 e. The number of aryl methyl sites for hydroxylation is 1. The summed E-state index contributed by atoms with van der Waals surface area (Å²) in [6.07, 6.45) is 11.3. The predicted molar refractivity (Wildman–Crippen MR) is 77.4 cm³/mol. The van der Waals surface area contributed by atoms with Crippen molar-refractivity contribution in [3.05, 3.63) is 23.5 Å². The quantitative estimate of drug-likeness (QED) is 0.842. The maximum atomic E-state index is 12.3. The van der Waals surface area contributed by atoms with Crippen LogP contribution in [0, 0.1) is 0 Å². The van der Waals surface area contributed by atoms with Gasteiger partial charge in [0.05, 0.1) is 6.10 Å². The molecule has 0 saturated carbocycles. The topological polar surface area (TPSA) is 45.5 Å². The molecule has 1 amide bonds. The van der Waals surface area contributed by atoms with Gasteiger partial charge in [0, 0.05) is 31.0 Å². The number of amides is 1. The molecule has 3 rings (SSSR count). The summed E-state index contributed by atoms with van der Waals surface area (Å²) >= 11 is 0. The van der Waals surface area contributed by atoms with Crippen molar-refractivity contribution in [1.82, 2.24) is 9.47 Å². The molecule has 1 unspecified atom stereocenters. The van der Waals surface area contributed by atoms with Crippen LogP contribution in [0.15, 0.2) is 12.4 Å². The number of piperidine rings is 1. The Morgan fingerprint density at radius 3 is 2.75 bits per heavy atom. The molecule has 4 heteroatoms. The molecule has 0 bridgehead atoms.